The number of hydrogen-bond acceptors (Lipinski definition) is 9. The molecule has 1 aliphatic rings. The van der Waals surface area contributed by atoms with E-state index >= 15 is 0 Å². The van der Waals surface area contributed by atoms with Crippen molar-refractivity contribution in [1.29, 1.82) is 0 Å². The quantitative estimate of drug-likeness (QED) is 0.245. The number of likely N-dealkylation sites (N-methyl/N-ethyl adjacent to an activating group) is 1. The van der Waals surface area contributed by atoms with Gasteiger partial charge in [0.05, 0.1) is 25.7 Å². The molecule has 4 rings (SSSR count). The third-order valence-electron chi connectivity index (χ3n) is 7.26. The van der Waals surface area contributed by atoms with Crippen LogP contribution in [0.3, 0.4) is 0 Å². The number of piperazine rings is 1. The van der Waals surface area contributed by atoms with E-state index < -0.39 is 0 Å². The molecule has 1 aromatic carbocycles. The molecule has 0 spiro atoms. The number of thioether (sulfide) groups is 1. The first-order valence-electron chi connectivity index (χ1n) is 14.1. The normalized spacial score (nSPS) is 13.7. The molecule has 2 amide bonds. The van der Waals surface area contributed by atoms with Gasteiger partial charge in [-0.05, 0) is 36.2 Å². The summed E-state index contributed by atoms with van der Waals surface area (Å²) in [5, 5.41) is 0.653. The summed E-state index contributed by atoms with van der Waals surface area (Å²) in [5.41, 5.74) is 1.93. The largest absolute Gasteiger partial charge is 0.493 e. The highest BCUT2D eigenvalue weighted by Crippen LogP contribution is 2.30. The second kappa shape index (κ2) is 13.5. The summed E-state index contributed by atoms with van der Waals surface area (Å²) in [7, 11) is 5.31. The van der Waals surface area contributed by atoms with Crippen LogP contribution >= 0.6 is 11.8 Å². The van der Waals surface area contributed by atoms with Crippen LogP contribution in [-0.4, -0.2) is 85.6 Å². The maximum absolute atomic E-state index is 12.9. The summed E-state index contributed by atoms with van der Waals surface area (Å²) >= 11 is 1.48. The summed E-state index contributed by atoms with van der Waals surface area (Å²) in [6, 6.07) is 11.6. The van der Waals surface area contributed by atoms with Crippen LogP contribution in [0.15, 0.2) is 46.0 Å². The highest BCUT2D eigenvalue weighted by atomic mass is 32.2. The molecule has 0 radical (unpaired) electrons. The Labute approximate surface area is 252 Å². The molecule has 0 N–H and O–H groups in total. The van der Waals surface area contributed by atoms with Gasteiger partial charge in [-0.1, -0.05) is 38.6 Å². The molecule has 0 aliphatic carbocycles. The van der Waals surface area contributed by atoms with E-state index in [0.717, 1.165) is 30.0 Å². The van der Waals surface area contributed by atoms with Gasteiger partial charge >= 0.3 is 0 Å². The number of hydrogen-bond donors (Lipinski definition) is 0. The lowest BCUT2D eigenvalue weighted by Crippen LogP contribution is -2.50. The number of methoxy groups -OCH3 is 2. The van der Waals surface area contributed by atoms with E-state index in [4.69, 9.17) is 23.9 Å². The number of benzene rings is 1. The fourth-order valence-electron chi connectivity index (χ4n) is 4.59. The van der Waals surface area contributed by atoms with Gasteiger partial charge in [0.1, 0.15) is 11.6 Å². The van der Waals surface area contributed by atoms with Crippen molar-refractivity contribution in [2.24, 2.45) is 0 Å². The lowest BCUT2D eigenvalue weighted by molar-refractivity contribution is -0.130. The van der Waals surface area contributed by atoms with Gasteiger partial charge in [-0.15, -0.1) is 0 Å². The van der Waals surface area contributed by atoms with E-state index in [2.05, 4.69) is 25.7 Å². The van der Waals surface area contributed by atoms with Crippen molar-refractivity contribution in [2.75, 3.05) is 58.9 Å². The fraction of sp³-hybridized carbons (Fsp3) is 0.484. The van der Waals surface area contributed by atoms with Crippen molar-refractivity contribution in [3.63, 3.8) is 0 Å². The molecular formula is C31H41N5O5S. The Morgan fingerprint density at radius 1 is 0.976 bits per heavy atom. The van der Waals surface area contributed by atoms with Crippen molar-refractivity contribution in [2.45, 2.75) is 50.4 Å². The number of carbonyl (C=O) groups is 2. The van der Waals surface area contributed by atoms with E-state index in [1.165, 1.54) is 11.8 Å². The minimum Gasteiger partial charge on any atom is -0.493 e. The Kier molecular flexibility index (Phi) is 10.0. The summed E-state index contributed by atoms with van der Waals surface area (Å²) in [6.07, 6.45) is 0.807. The van der Waals surface area contributed by atoms with Gasteiger partial charge in [-0.3, -0.25) is 9.59 Å². The van der Waals surface area contributed by atoms with Crippen LogP contribution in [0.5, 0.6) is 11.5 Å². The Balaban J connectivity index is 1.41. The molecule has 10 nitrogen and oxygen atoms in total. The minimum absolute atomic E-state index is 0.0319. The number of ether oxygens (including phenoxy) is 2. The minimum atomic E-state index is -0.159. The summed E-state index contributed by atoms with van der Waals surface area (Å²) in [6.45, 7) is 10.8. The molecule has 3 heterocycles. The van der Waals surface area contributed by atoms with Crippen molar-refractivity contribution in [3.8, 4) is 11.5 Å². The maximum atomic E-state index is 12.9. The zero-order chi connectivity index (χ0) is 30.4. The Morgan fingerprint density at radius 3 is 2.31 bits per heavy atom. The van der Waals surface area contributed by atoms with Crippen LogP contribution in [0.1, 0.15) is 55.3 Å². The molecule has 42 heavy (non-hydrogen) atoms. The fourth-order valence-corrected chi connectivity index (χ4v) is 5.34. The molecule has 0 unspecified atom stereocenters. The summed E-state index contributed by atoms with van der Waals surface area (Å²) < 4.78 is 16.7. The Hall–Kier alpha value is -3.73. The molecule has 11 heteroatoms. The second-order valence-electron chi connectivity index (χ2n) is 11.4. The molecule has 0 saturated carbocycles. The zero-order valence-electron chi connectivity index (χ0n) is 25.6. The van der Waals surface area contributed by atoms with Crippen molar-refractivity contribution in [3.05, 3.63) is 59.2 Å². The van der Waals surface area contributed by atoms with Gasteiger partial charge in [0.25, 0.3) is 5.91 Å². The van der Waals surface area contributed by atoms with Gasteiger partial charge in [-0.25, -0.2) is 9.97 Å². The number of rotatable bonds is 10. The number of anilines is 1. The molecule has 1 fully saturated rings. The molecular weight excluding hydrogens is 554 g/mol. The van der Waals surface area contributed by atoms with Crippen LogP contribution in [0.25, 0.3) is 0 Å². The number of furan rings is 1. The van der Waals surface area contributed by atoms with Crippen LogP contribution in [-0.2, 0) is 22.4 Å². The average Bonchev–Trinajstić information content (AvgIpc) is 3.46. The number of amides is 2. The first kappa shape index (κ1) is 31.2. The standard InChI is InChI=1S/C31H41N5O5S/c1-21(37)35-14-16-36(17-15-35)29(38)25-11-9-23(41-25)20-42-30-32-27(31(2,3)4)19-28(33-30)34(5)13-12-22-8-10-24(39-6)26(18-22)40-7/h8-11,18-19H,12-17,20H2,1-7H3. The van der Waals surface area contributed by atoms with Crippen LogP contribution in [0.4, 0.5) is 5.82 Å². The van der Waals surface area contributed by atoms with Crippen LogP contribution in [0, 0.1) is 0 Å². The van der Waals surface area contributed by atoms with Crippen LogP contribution < -0.4 is 14.4 Å². The van der Waals surface area contributed by atoms with E-state index in [-0.39, 0.29) is 17.2 Å². The average molecular weight is 596 g/mol. The zero-order valence-corrected chi connectivity index (χ0v) is 26.4. The summed E-state index contributed by atoms with van der Waals surface area (Å²) in [5.74, 6) is 3.63. The van der Waals surface area contributed by atoms with Gasteiger partial charge in [0, 0.05) is 58.2 Å². The molecule has 1 aliphatic heterocycles. The third-order valence-corrected chi connectivity index (χ3v) is 8.13. The van der Waals surface area contributed by atoms with Gasteiger partial charge in [0.15, 0.2) is 22.4 Å². The monoisotopic (exact) mass is 595 g/mol. The predicted octanol–water partition coefficient (Wildman–Crippen LogP) is 4.66. The van der Waals surface area contributed by atoms with Gasteiger partial charge in [0.2, 0.25) is 5.91 Å². The van der Waals surface area contributed by atoms with E-state index in [1.54, 1.807) is 37.0 Å². The number of carbonyl (C=O) groups excluding carboxylic acids is 2. The van der Waals surface area contributed by atoms with Gasteiger partial charge < -0.3 is 28.6 Å². The Bertz CT molecular complexity index is 1390. The number of nitrogens with zero attached hydrogens (tertiary/aromatic N) is 5. The SMILES string of the molecule is COc1ccc(CCN(C)c2cc(C(C)(C)C)nc(SCc3ccc(C(=O)N4CCN(C(C)=O)CC4)o3)n2)cc1OC. The first-order valence-corrected chi connectivity index (χ1v) is 15.0. The van der Waals surface area contributed by atoms with Gasteiger partial charge in [-0.2, -0.15) is 0 Å². The molecule has 3 aromatic rings. The highest BCUT2D eigenvalue weighted by molar-refractivity contribution is 7.98. The highest BCUT2D eigenvalue weighted by Gasteiger charge is 2.25. The van der Waals surface area contributed by atoms with E-state index in [0.29, 0.717) is 60.1 Å². The topological polar surface area (TPSA) is 101 Å². The van der Waals surface area contributed by atoms with E-state index in [1.807, 2.05) is 37.4 Å². The van der Waals surface area contributed by atoms with Crippen LogP contribution in [0.2, 0.25) is 0 Å². The second-order valence-corrected chi connectivity index (χ2v) is 12.3. The van der Waals surface area contributed by atoms with E-state index in [9.17, 15) is 9.59 Å². The molecule has 226 valence electrons. The molecule has 0 bridgehead atoms. The lowest BCUT2D eigenvalue weighted by atomic mass is 9.92. The van der Waals surface area contributed by atoms with Crippen molar-refractivity contribution >= 4 is 29.4 Å². The summed E-state index contributed by atoms with van der Waals surface area (Å²) in [4.78, 5) is 39.8. The molecule has 1 saturated heterocycles. The lowest BCUT2D eigenvalue weighted by Gasteiger charge is -2.33. The first-order chi connectivity index (χ1) is 20.0. The molecule has 2 aromatic heterocycles. The van der Waals surface area contributed by atoms with Crippen molar-refractivity contribution < 1.29 is 23.5 Å². The molecule has 0 atom stereocenters. The smallest absolute Gasteiger partial charge is 0.289 e. The Morgan fingerprint density at radius 2 is 1.67 bits per heavy atom. The van der Waals surface area contributed by atoms with Crippen molar-refractivity contribution in [1.82, 2.24) is 19.8 Å². The maximum Gasteiger partial charge on any atom is 0.289 e. The third kappa shape index (κ3) is 7.76. The number of aromatic nitrogens is 2. The predicted molar refractivity (Wildman–Crippen MR) is 164 cm³/mol.